The van der Waals surface area contributed by atoms with Crippen molar-refractivity contribution in [3.8, 4) is 0 Å². The van der Waals surface area contributed by atoms with Crippen LogP contribution in [-0.2, 0) is 4.74 Å². The maximum atomic E-state index is 13.2. The van der Waals surface area contributed by atoms with Gasteiger partial charge in [-0.3, -0.25) is 0 Å². The molecular formula is C19H17FN2OS. The SMILES string of the molecule is Fc1ccc2nc(C=Cc3ccc(N4CCOCC4)cc3)sc2c1. The molecule has 0 radical (unpaired) electrons. The average molecular weight is 340 g/mol. The molecule has 4 rings (SSSR count). The third-order valence-electron chi connectivity index (χ3n) is 4.05. The number of fused-ring (bicyclic) bond motifs is 1. The summed E-state index contributed by atoms with van der Waals surface area (Å²) >= 11 is 1.50. The van der Waals surface area contributed by atoms with Crippen LogP contribution in [0.15, 0.2) is 42.5 Å². The second-order valence-corrected chi connectivity index (χ2v) is 6.75. The quantitative estimate of drug-likeness (QED) is 0.705. The molecule has 1 aliphatic heterocycles. The van der Waals surface area contributed by atoms with Crippen LogP contribution in [0.5, 0.6) is 0 Å². The van der Waals surface area contributed by atoms with Crippen LogP contribution in [-0.4, -0.2) is 31.3 Å². The van der Waals surface area contributed by atoms with Gasteiger partial charge in [-0.05, 0) is 42.0 Å². The third kappa shape index (κ3) is 3.32. The summed E-state index contributed by atoms with van der Waals surface area (Å²) < 4.78 is 19.5. The van der Waals surface area contributed by atoms with Crippen molar-refractivity contribution in [2.45, 2.75) is 0 Å². The Labute approximate surface area is 144 Å². The smallest absolute Gasteiger partial charge is 0.124 e. The molecule has 0 unspecified atom stereocenters. The first kappa shape index (κ1) is 15.3. The topological polar surface area (TPSA) is 25.4 Å². The van der Waals surface area contributed by atoms with Gasteiger partial charge in [0, 0.05) is 18.8 Å². The fraction of sp³-hybridized carbons (Fsp3) is 0.211. The molecule has 3 aromatic rings. The van der Waals surface area contributed by atoms with Gasteiger partial charge < -0.3 is 9.64 Å². The molecule has 5 heteroatoms. The van der Waals surface area contributed by atoms with Crippen molar-refractivity contribution in [2.24, 2.45) is 0 Å². The summed E-state index contributed by atoms with van der Waals surface area (Å²) in [5.74, 6) is -0.222. The van der Waals surface area contributed by atoms with Crippen molar-refractivity contribution < 1.29 is 9.13 Å². The van der Waals surface area contributed by atoms with Crippen LogP contribution in [0.25, 0.3) is 22.4 Å². The van der Waals surface area contributed by atoms with E-state index < -0.39 is 0 Å². The molecule has 1 aliphatic rings. The molecule has 0 saturated carbocycles. The van der Waals surface area contributed by atoms with E-state index >= 15 is 0 Å². The van der Waals surface area contributed by atoms with Gasteiger partial charge in [0.15, 0.2) is 0 Å². The second-order valence-electron chi connectivity index (χ2n) is 5.69. The van der Waals surface area contributed by atoms with Gasteiger partial charge >= 0.3 is 0 Å². The molecule has 2 aromatic carbocycles. The Morgan fingerprint density at radius 2 is 1.83 bits per heavy atom. The number of ether oxygens (including phenoxy) is 1. The summed E-state index contributed by atoms with van der Waals surface area (Å²) in [5.41, 5.74) is 3.19. The van der Waals surface area contributed by atoms with E-state index in [1.165, 1.54) is 29.2 Å². The number of anilines is 1. The van der Waals surface area contributed by atoms with E-state index in [1.54, 1.807) is 6.07 Å². The van der Waals surface area contributed by atoms with Crippen molar-refractivity contribution in [3.05, 3.63) is 58.9 Å². The Hall–Kier alpha value is -2.24. The summed E-state index contributed by atoms with van der Waals surface area (Å²) in [4.78, 5) is 6.84. The molecule has 1 fully saturated rings. The standard InChI is InChI=1S/C19H17FN2OS/c20-15-4-7-17-18(13-15)24-19(21-17)8-3-14-1-5-16(6-2-14)22-9-11-23-12-10-22/h1-8,13H,9-12H2. The van der Waals surface area contributed by atoms with Crippen LogP contribution in [0.4, 0.5) is 10.1 Å². The predicted molar refractivity (Wildman–Crippen MR) is 98.0 cm³/mol. The molecule has 24 heavy (non-hydrogen) atoms. The molecule has 0 spiro atoms. The first-order chi connectivity index (χ1) is 11.8. The summed E-state index contributed by atoms with van der Waals surface area (Å²) in [5, 5.41) is 0.882. The monoisotopic (exact) mass is 340 g/mol. The van der Waals surface area contributed by atoms with Gasteiger partial charge in [0.05, 0.1) is 23.4 Å². The number of rotatable bonds is 3. The van der Waals surface area contributed by atoms with Crippen molar-refractivity contribution in [3.63, 3.8) is 0 Å². The molecule has 1 saturated heterocycles. The largest absolute Gasteiger partial charge is 0.378 e. The highest BCUT2D eigenvalue weighted by molar-refractivity contribution is 7.19. The van der Waals surface area contributed by atoms with Crippen LogP contribution in [0.3, 0.4) is 0 Å². The highest BCUT2D eigenvalue weighted by atomic mass is 32.1. The van der Waals surface area contributed by atoms with Crippen molar-refractivity contribution >= 4 is 39.4 Å². The molecule has 0 bridgehead atoms. The van der Waals surface area contributed by atoms with Crippen LogP contribution in [0.1, 0.15) is 10.6 Å². The maximum absolute atomic E-state index is 13.2. The lowest BCUT2D eigenvalue weighted by Crippen LogP contribution is -2.36. The van der Waals surface area contributed by atoms with Crippen molar-refractivity contribution in [1.29, 1.82) is 0 Å². The van der Waals surface area contributed by atoms with Gasteiger partial charge in [-0.1, -0.05) is 18.2 Å². The third-order valence-corrected chi connectivity index (χ3v) is 5.04. The molecule has 0 amide bonds. The van der Waals surface area contributed by atoms with E-state index in [0.29, 0.717) is 0 Å². The number of benzene rings is 2. The molecule has 122 valence electrons. The first-order valence-corrected chi connectivity index (χ1v) is 8.76. The summed E-state index contributed by atoms with van der Waals surface area (Å²) in [7, 11) is 0. The molecule has 2 heterocycles. The number of morpholine rings is 1. The predicted octanol–water partition coefficient (Wildman–Crippen LogP) is 4.44. The van der Waals surface area contributed by atoms with Crippen LogP contribution in [0, 0.1) is 5.82 Å². The van der Waals surface area contributed by atoms with Crippen LogP contribution < -0.4 is 4.90 Å². The first-order valence-electron chi connectivity index (χ1n) is 7.95. The Bertz CT molecular complexity index is 867. The highest BCUT2D eigenvalue weighted by Crippen LogP contribution is 2.24. The fourth-order valence-electron chi connectivity index (χ4n) is 2.77. The van der Waals surface area contributed by atoms with Crippen LogP contribution in [0.2, 0.25) is 0 Å². The number of halogens is 1. The van der Waals surface area contributed by atoms with E-state index in [2.05, 4.69) is 34.1 Å². The van der Waals surface area contributed by atoms with E-state index in [4.69, 9.17) is 4.74 Å². The second kappa shape index (κ2) is 6.71. The van der Waals surface area contributed by atoms with Gasteiger partial charge in [0.25, 0.3) is 0 Å². The fourth-order valence-corrected chi connectivity index (χ4v) is 3.67. The maximum Gasteiger partial charge on any atom is 0.124 e. The Balaban J connectivity index is 1.50. The lowest BCUT2D eigenvalue weighted by Gasteiger charge is -2.28. The summed E-state index contributed by atoms with van der Waals surface area (Å²) in [6.07, 6.45) is 4.02. The zero-order valence-electron chi connectivity index (χ0n) is 13.1. The van der Waals surface area contributed by atoms with Crippen LogP contribution >= 0.6 is 11.3 Å². The minimum Gasteiger partial charge on any atom is -0.378 e. The number of hydrogen-bond donors (Lipinski definition) is 0. The molecule has 0 atom stereocenters. The van der Waals surface area contributed by atoms with Gasteiger partial charge in [-0.2, -0.15) is 0 Å². The minimum absolute atomic E-state index is 0.222. The Morgan fingerprint density at radius 1 is 1.04 bits per heavy atom. The average Bonchev–Trinajstić information content (AvgIpc) is 3.03. The highest BCUT2D eigenvalue weighted by Gasteiger charge is 2.10. The minimum atomic E-state index is -0.222. The Morgan fingerprint density at radius 3 is 2.62 bits per heavy atom. The van der Waals surface area contributed by atoms with E-state index in [1.807, 2.05) is 12.2 Å². The van der Waals surface area contributed by atoms with Gasteiger partial charge in [-0.25, -0.2) is 9.37 Å². The van der Waals surface area contributed by atoms with Crippen molar-refractivity contribution in [2.75, 3.05) is 31.2 Å². The number of nitrogens with zero attached hydrogens (tertiary/aromatic N) is 2. The molecule has 0 N–H and O–H groups in total. The number of aromatic nitrogens is 1. The van der Waals surface area contributed by atoms with Gasteiger partial charge in [-0.15, -0.1) is 11.3 Å². The zero-order valence-corrected chi connectivity index (χ0v) is 13.9. The lowest BCUT2D eigenvalue weighted by atomic mass is 10.2. The normalized spacial score (nSPS) is 15.5. The zero-order chi connectivity index (χ0) is 16.4. The summed E-state index contributed by atoms with van der Waals surface area (Å²) in [6.45, 7) is 3.47. The lowest BCUT2D eigenvalue weighted by molar-refractivity contribution is 0.122. The molecule has 1 aromatic heterocycles. The number of thiazole rings is 1. The van der Waals surface area contributed by atoms with E-state index in [-0.39, 0.29) is 5.82 Å². The molecule has 0 aliphatic carbocycles. The Kier molecular flexibility index (Phi) is 4.28. The summed E-state index contributed by atoms with van der Waals surface area (Å²) in [6, 6.07) is 13.2. The van der Waals surface area contributed by atoms with Crippen molar-refractivity contribution in [1.82, 2.24) is 4.98 Å². The van der Waals surface area contributed by atoms with Gasteiger partial charge in [0.1, 0.15) is 10.8 Å². The van der Waals surface area contributed by atoms with Gasteiger partial charge in [0.2, 0.25) is 0 Å². The molecular weight excluding hydrogens is 323 g/mol. The van der Waals surface area contributed by atoms with E-state index in [9.17, 15) is 4.39 Å². The van der Waals surface area contributed by atoms with E-state index in [0.717, 1.165) is 47.1 Å². The number of hydrogen-bond acceptors (Lipinski definition) is 4. The molecule has 3 nitrogen and oxygen atoms in total.